The van der Waals surface area contributed by atoms with Gasteiger partial charge in [0.15, 0.2) is 12.4 Å². The van der Waals surface area contributed by atoms with E-state index in [0.717, 1.165) is 38.5 Å². The van der Waals surface area contributed by atoms with Crippen molar-refractivity contribution in [2.24, 2.45) is 23.7 Å². The van der Waals surface area contributed by atoms with Gasteiger partial charge in [-0.25, -0.2) is 9.59 Å². The zero-order valence-corrected chi connectivity index (χ0v) is 56.0. The number of ether oxygens (including phenoxy) is 10. The van der Waals surface area contributed by atoms with E-state index >= 15 is 0 Å². The summed E-state index contributed by atoms with van der Waals surface area (Å²) in [5.41, 5.74) is 0.227. The van der Waals surface area contributed by atoms with E-state index < -0.39 is 109 Å². The Labute approximate surface area is 533 Å². The summed E-state index contributed by atoms with van der Waals surface area (Å²) in [5, 5.41) is 3.14. The van der Waals surface area contributed by atoms with Crippen LogP contribution in [0.2, 0.25) is 0 Å². The van der Waals surface area contributed by atoms with Gasteiger partial charge in [-0.15, -0.1) is 0 Å². The monoisotopic (exact) mass is 1250 g/mol. The Morgan fingerprint density at radius 1 is 0.685 bits per heavy atom. The third kappa shape index (κ3) is 28.7. The minimum absolute atomic E-state index is 0.0343. The molecule has 18 nitrogen and oxygen atoms in total. The second-order valence-corrected chi connectivity index (χ2v) is 25.5. The standard InChI is InChI=1S/C71H115NO17/c1-10-12-14-16-18-20-22-24-25-27-29-31-33-35-40-44-62(75)72-58-48-83-69-67(87-68(78)57-41-37-36-38-42-57)54(6)66(89-71(70(79)80-9)47-51(3)52(4)65(88-71)53(5)60(84-56(8)74)49-81-55(7)73)61(86-69)50-82-63(76)45-46-64(77)85-59(58)43-39-34-32-30-28-26-23-21-19-17-15-13-11-2/h36-39,41-43,51-54,58-61,65-67,69H,10-35,40,44-50H2,1-9H3,(H,72,75)/b43-39+/t51?,52-,53-,54?,58+,59-,60-,61+,65-,66+,67?,69-,71+/m1/s1. The fraction of sp³-hybridized carbons (Fsp3) is 0.789. The largest absolute Gasteiger partial charge is 0.465 e. The second kappa shape index (κ2) is 43.8. The molecule has 4 rings (SSSR count). The Kier molecular flexibility index (Phi) is 37.7. The van der Waals surface area contributed by atoms with Crippen molar-refractivity contribution < 1.29 is 80.9 Å². The number of esters is 6. The molecule has 13 atom stereocenters. The van der Waals surface area contributed by atoms with Crippen molar-refractivity contribution >= 4 is 41.7 Å². The number of fused-ring (bicyclic) bond motifs is 2. The van der Waals surface area contributed by atoms with Gasteiger partial charge in [0, 0.05) is 38.5 Å². The van der Waals surface area contributed by atoms with Crippen LogP contribution in [0.5, 0.6) is 0 Å². The average molecular weight is 1250 g/mol. The van der Waals surface area contributed by atoms with Crippen molar-refractivity contribution in [3.8, 4) is 0 Å². The number of carbonyl (C=O) groups excluding carboxylic acids is 7. The van der Waals surface area contributed by atoms with Gasteiger partial charge in [0.25, 0.3) is 5.79 Å². The average Bonchev–Trinajstić information content (AvgIpc) is 0.891. The van der Waals surface area contributed by atoms with Gasteiger partial charge >= 0.3 is 35.8 Å². The molecule has 1 amide bonds. The molecule has 2 bridgehead atoms. The summed E-state index contributed by atoms with van der Waals surface area (Å²) in [4.78, 5) is 94.7. The number of unbranched alkanes of at least 4 members (excludes halogenated alkanes) is 25. The second-order valence-electron chi connectivity index (χ2n) is 25.5. The number of cyclic esters (lactones) is 2. The van der Waals surface area contributed by atoms with Gasteiger partial charge in [0.05, 0.1) is 50.4 Å². The predicted molar refractivity (Wildman–Crippen MR) is 340 cm³/mol. The molecule has 3 aliphatic heterocycles. The molecule has 0 radical (unpaired) electrons. The van der Waals surface area contributed by atoms with Crippen LogP contribution in [0.3, 0.4) is 0 Å². The summed E-state index contributed by atoms with van der Waals surface area (Å²) >= 11 is 0. The van der Waals surface area contributed by atoms with Crippen LogP contribution in [0.25, 0.3) is 0 Å². The molecule has 18 heteroatoms. The van der Waals surface area contributed by atoms with Crippen LogP contribution in [-0.2, 0) is 76.1 Å². The number of amides is 1. The predicted octanol–water partition coefficient (Wildman–Crippen LogP) is 14.3. The number of methoxy groups -OCH3 is 1. The highest BCUT2D eigenvalue weighted by Gasteiger charge is 2.58. The summed E-state index contributed by atoms with van der Waals surface area (Å²) in [6.45, 7) is 13.3. The maximum absolute atomic E-state index is 14.4. The molecule has 1 aromatic carbocycles. The van der Waals surface area contributed by atoms with Gasteiger partial charge in [0.1, 0.15) is 31.5 Å². The molecule has 3 heterocycles. The Morgan fingerprint density at radius 2 is 1.24 bits per heavy atom. The smallest absolute Gasteiger partial charge is 0.366 e. The number of hydrogen-bond donors (Lipinski definition) is 1. The van der Waals surface area contributed by atoms with Crippen molar-refractivity contribution in [3.05, 3.63) is 48.0 Å². The lowest BCUT2D eigenvalue weighted by molar-refractivity contribution is -0.360. The van der Waals surface area contributed by atoms with Crippen LogP contribution < -0.4 is 5.32 Å². The molecular formula is C71H115NO17. The van der Waals surface area contributed by atoms with Crippen LogP contribution in [0, 0.1) is 23.7 Å². The van der Waals surface area contributed by atoms with Crippen LogP contribution in [-0.4, -0.2) is 123 Å². The molecule has 0 aromatic heterocycles. The molecule has 89 heavy (non-hydrogen) atoms. The Bertz CT molecular complexity index is 2230. The molecule has 1 N–H and O–H groups in total. The van der Waals surface area contributed by atoms with Crippen LogP contribution in [0.1, 0.15) is 265 Å². The Morgan fingerprint density at radius 3 is 1.79 bits per heavy atom. The van der Waals surface area contributed by atoms with Gasteiger partial charge in [-0.05, 0) is 49.3 Å². The first-order chi connectivity index (χ1) is 42.9. The SMILES string of the molecule is CCCCCCCCCCCCC/C=C/[C@H]1OC(=O)CCC(=O)OC[C@@H]2O[C@@H](OC[C@@H]1NC(=O)CCCCCCCCCCCCCCCCC)C(OC(=O)c1ccccc1)C(C)[C@@H]2O[C@]1(C(=O)OC)CC(C)[C@@H](C)[C@H]([C@H](C)[C@@H](COC(C)=O)OC(C)=O)O1. The fourth-order valence-corrected chi connectivity index (χ4v) is 12.4. The Hall–Kier alpha value is -4.91. The van der Waals surface area contributed by atoms with E-state index in [1.807, 2.05) is 19.9 Å². The number of carbonyl (C=O) groups is 7. The number of nitrogens with one attached hydrogen (secondary N) is 1. The first kappa shape index (κ1) is 76.5. The maximum Gasteiger partial charge on any atom is 0.366 e. The number of hydrogen-bond acceptors (Lipinski definition) is 17. The van der Waals surface area contributed by atoms with Gasteiger partial charge in [-0.3, -0.25) is 24.0 Å². The highest BCUT2D eigenvalue weighted by Crippen LogP contribution is 2.45. The zero-order valence-electron chi connectivity index (χ0n) is 56.0. The zero-order chi connectivity index (χ0) is 64.8. The van der Waals surface area contributed by atoms with Crippen molar-refractivity contribution in [1.82, 2.24) is 5.32 Å². The van der Waals surface area contributed by atoms with Gasteiger partial charge in [0.2, 0.25) is 5.91 Å². The summed E-state index contributed by atoms with van der Waals surface area (Å²) in [6, 6.07) is 7.40. The number of allylic oxidation sites excluding steroid dienone is 1. The topological polar surface area (TPSA) is 224 Å². The molecular weight excluding hydrogens is 1140 g/mol. The van der Waals surface area contributed by atoms with Gasteiger partial charge in [-0.1, -0.05) is 220 Å². The lowest BCUT2D eigenvalue weighted by Gasteiger charge is -2.51. The third-order valence-corrected chi connectivity index (χ3v) is 18.0. The maximum atomic E-state index is 14.4. The highest BCUT2D eigenvalue weighted by atomic mass is 16.8. The van der Waals surface area contributed by atoms with Gasteiger partial charge in [-0.2, -0.15) is 0 Å². The van der Waals surface area contributed by atoms with Crippen LogP contribution in [0.4, 0.5) is 0 Å². The van der Waals surface area contributed by atoms with E-state index in [2.05, 4.69) is 19.2 Å². The van der Waals surface area contributed by atoms with Crippen molar-refractivity contribution in [1.29, 1.82) is 0 Å². The molecule has 0 saturated carbocycles. The van der Waals surface area contributed by atoms with Crippen molar-refractivity contribution in [2.45, 2.75) is 309 Å². The normalized spacial score (nSPS) is 25.8. The minimum Gasteiger partial charge on any atom is -0.465 e. The molecule has 0 spiro atoms. The molecule has 0 aliphatic carbocycles. The van der Waals surface area contributed by atoms with E-state index in [0.29, 0.717) is 12.8 Å². The van der Waals surface area contributed by atoms with Crippen LogP contribution >= 0.6 is 0 Å². The van der Waals surface area contributed by atoms with Crippen molar-refractivity contribution in [2.75, 3.05) is 26.9 Å². The fourth-order valence-electron chi connectivity index (χ4n) is 12.4. The van der Waals surface area contributed by atoms with E-state index in [-0.39, 0.29) is 62.2 Å². The summed E-state index contributed by atoms with van der Waals surface area (Å²) in [7, 11) is 1.20. The first-order valence-electron chi connectivity index (χ1n) is 34.5. The quantitative estimate of drug-likeness (QED) is 0.0279. The lowest BCUT2D eigenvalue weighted by atomic mass is 9.76. The summed E-state index contributed by atoms with van der Waals surface area (Å²) < 4.78 is 62.0. The molecule has 3 saturated heterocycles. The van der Waals surface area contributed by atoms with Crippen LogP contribution in [0.15, 0.2) is 42.5 Å². The van der Waals surface area contributed by atoms with E-state index in [4.69, 9.17) is 47.4 Å². The van der Waals surface area contributed by atoms with E-state index in [1.54, 1.807) is 50.3 Å². The van der Waals surface area contributed by atoms with Crippen molar-refractivity contribution in [3.63, 3.8) is 0 Å². The molecule has 1 aromatic rings. The van der Waals surface area contributed by atoms with Gasteiger partial charge < -0.3 is 52.7 Å². The first-order valence-corrected chi connectivity index (χ1v) is 34.5. The Balaban J connectivity index is 1.63. The highest BCUT2D eigenvalue weighted by molar-refractivity contribution is 5.89. The molecule has 506 valence electrons. The molecule has 3 unspecified atom stereocenters. The lowest BCUT2D eigenvalue weighted by Crippen LogP contribution is -2.64. The van der Waals surface area contributed by atoms with E-state index in [9.17, 15) is 33.6 Å². The number of rotatable bonds is 40. The summed E-state index contributed by atoms with van der Waals surface area (Å²) in [6.07, 6.45) is 27.0. The minimum atomic E-state index is -2.17. The third-order valence-electron chi connectivity index (χ3n) is 18.0. The molecule has 3 fully saturated rings. The number of benzene rings is 1. The molecule has 3 aliphatic rings. The summed E-state index contributed by atoms with van der Waals surface area (Å²) in [5.74, 6) is -8.86. The van der Waals surface area contributed by atoms with E-state index in [1.165, 1.54) is 143 Å².